The zero-order valence-electron chi connectivity index (χ0n) is 14.7. The molecule has 1 aliphatic heterocycles. The molecule has 1 saturated heterocycles. The van der Waals surface area contributed by atoms with E-state index in [0.29, 0.717) is 12.1 Å². The molecule has 0 radical (unpaired) electrons. The van der Waals surface area contributed by atoms with Crippen molar-refractivity contribution in [3.8, 4) is 6.07 Å². The van der Waals surface area contributed by atoms with Gasteiger partial charge in [-0.2, -0.15) is 5.26 Å². The van der Waals surface area contributed by atoms with Crippen LogP contribution in [0.3, 0.4) is 0 Å². The number of nitriles is 1. The van der Waals surface area contributed by atoms with E-state index >= 15 is 0 Å². The van der Waals surface area contributed by atoms with Gasteiger partial charge in [-0.15, -0.1) is 0 Å². The van der Waals surface area contributed by atoms with Gasteiger partial charge in [-0.3, -0.25) is 15.1 Å². The molecule has 4 heteroatoms. The van der Waals surface area contributed by atoms with Crippen molar-refractivity contribution in [2.45, 2.75) is 71.5 Å². The quantitative estimate of drug-likeness (QED) is 0.709. The molecule has 1 N–H and O–H groups in total. The van der Waals surface area contributed by atoms with Crippen LogP contribution in [0.5, 0.6) is 0 Å². The van der Waals surface area contributed by atoms with Gasteiger partial charge in [0.25, 0.3) is 0 Å². The summed E-state index contributed by atoms with van der Waals surface area (Å²) >= 11 is 0. The normalized spacial score (nSPS) is 24.0. The van der Waals surface area contributed by atoms with Crippen molar-refractivity contribution in [2.75, 3.05) is 32.7 Å². The molecule has 4 nitrogen and oxygen atoms in total. The molecule has 3 atom stereocenters. The van der Waals surface area contributed by atoms with Crippen molar-refractivity contribution in [2.24, 2.45) is 0 Å². The van der Waals surface area contributed by atoms with Crippen LogP contribution in [-0.2, 0) is 0 Å². The Morgan fingerprint density at radius 2 is 2.05 bits per heavy atom. The Morgan fingerprint density at radius 1 is 1.38 bits per heavy atom. The molecule has 0 bridgehead atoms. The van der Waals surface area contributed by atoms with E-state index < -0.39 is 5.54 Å². The van der Waals surface area contributed by atoms with Crippen molar-refractivity contribution in [1.29, 1.82) is 5.26 Å². The van der Waals surface area contributed by atoms with E-state index in [1.165, 1.54) is 6.42 Å². The Hall–Kier alpha value is -0.630. The van der Waals surface area contributed by atoms with Crippen LogP contribution < -0.4 is 5.32 Å². The zero-order valence-corrected chi connectivity index (χ0v) is 14.7. The Kier molecular flexibility index (Phi) is 7.65. The molecule has 0 amide bonds. The van der Waals surface area contributed by atoms with Crippen LogP contribution in [0, 0.1) is 11.3 Å². The Balaban J connectivity index is 2.53. The van der Waals surface area contributed by atoms with Gasteiger partial charge in [-0.05, 0) is 52.7 Å². The van der Waals surface area contributed by atoms with E-state index in [0.717, 1.165) is 45.6 Å². The third-order valence-corrected chi connectivity index (χ3v) is 4.86. The van der Waals surface area contributed by atoms with E-state index in [1.807, 2.05) is 6.92 Å². The third-order valence-electron chi connectivity index (χ3n) is 4.86. The van der Waals surface area contributed by atoms with Gasteiger partial charge < -0.3 is 0 Å². The van der Waals surface area contributed by atoms with Crippen LogP contribution in [0.4, 0.5) is 0 Å². The molecule has 0 aromatic heterocycles. The summed E-state index contributed by atoms with van der Waals surface area (Å²) < 4.78 is 0. The van der Waals surface area contributed by atoms with Crippen LogP contribution in [0.2, 0.25) is 0 Å². The molecule has 1 rings (SSSR count). The minimum atomic E-state index is -0.400. The lowest BCUT2D eigenvalue weighted by Gasteiger charge is -2.32. The van der Waals surface area contributed by atoms with E-state index in [1.54, 1.807) is 0 Å². The average Bonchev–Trinajstić information content (AvgIpc) is 2.96. The van der Waals surface area contributed by atoms with Crippen LogP contribution in [0.25, 0.3) is 0 Å². The summed E-state index contributed by atoms with van der Waals surface area (Å²) in [6, 6.07) is 3.63. The second-order valence-electron chi connectivity index (χ2n) is 6.58. The summed E-state index contributed by atoms with van der Waals surface area (Å²) in [7, 11) is 0. The smallest absolute Gasteiger partial charge is 0.105 e. The van der Waals surface area contributed by atoms with Gasteiger partial charge in [0.15, 0.2) is 0 Å². The summed E-state index contributed by atoms with van der Waals surface area (Å²) in [4.78, 5) is 5.12. The SMILES string of the molecule is CCCNC(C)(C#N)CC(C)N1CCC(N(CC)CC)C1. The number of nitrogens with one attached hydrogen (secondary N) is 1. The minimum absolute atomic E-state index is 0.400. The molecule has 122 valence electrons. The first kappa shape index (κ1) is 18.4. The largest absolute Gasteiger partial charge is 0.300 e. The molecular weight excluding hydrogens is 260 g/mol. The number of likely N-dealkylation sites (N-methyl/N-ethyl adjacent to an activating group) is 1. The van der Waals surface area contributed by atoms with Crippen LogP contribution >= 0.6 is 0 Å². The van der Waals surface area contributed by atoms with Crippen molar-refractivity contribution in [3.05, 3.63) is 0 Å². The Morgan fingerprint density at radius 3 is 2.57 bits per heavy atom. The van der Waals surface area contributed by atoms with E-state index in [9.17, 15) is 5.26 Å². The summed E-state index contributed by atoms with van der Waals surface area (Å²) in [5.41, 5.74) is -0.400. The van der Waals surface area contributed by atoms with Gasteiger partial charge in [-0.25, -0.2) is 0 Å². The molecule has 0 saturated carbocycles. The van der Waals surface area contributed by atoms with E-state index in [4.69, 9.17) is 0 Å². The minimum Gasteiger partial charge on any atom is -0.300 e. The highest BCUT2D eigenvalue weighted by Crippen LogP contribution is 2.22. The predicted octanol–water partition coefficient (Wildman–Crippen LogP) is 2.46. The lowest BCUT2D eigenvalue weighted by molar-refractivity contribution is 0.176. The molecule has 1 fully saturated rings. The third kappa shape index (κ3) is 5.25. The second-order valence-corrected chi connectivity index (χ2v) is 6.58. The molecule has 1 heterocycles. The first-order chi connectivity index (χ1) is 9.99. The number of hydrogen-bond acceptors (Lipinski definition) is 4. The summed E-state index contributed by atoms with van der Waals surface area (Å²) in [5.74, 6) is 0. The Labute approximate surface area is 131 Å². The van der Waals surface area contributed by atoms with Gasteiger partial charge in [0.1, 0.15) is 5.54 Å². The van der Waals surface area contributed by atoms with Gasteiger partial charge in [0.2, 0.25) is 0 Å². The number of rotatable bonds is 9. The van der Waals surface area contributed by atoms with Crippen LogP contribution in [-0.4, -0.2) is 60.1 Å². The topological polar surface area (TPSA) is 42.3 Å². The fourth-order valence-electron chi connectivity index (χ4n) is 3.48. The average molecular weight is 294 g/mol. The van der Waals surface area contributed by atoms with E-state index in [2.05, 4.69) is 48.9 Å². The fourth-order valence-corrected chi connectivity index (χ4v) is 3.48. The first-order valence-electron chi connectivity index (χ1n) is 8.64. The number of hydrogen-bond donors (Lipinski definition) is 1. The van der Waals surface area contributed by atoms with Gasteiger partial charge >= 0.3 is 0 Å². The van der Waals surface area contributed by atoms with Crippen molar-refractivity contribution < 1.29 is 0 Å². The maximum absolute atomic E-state index is 9.48. The van der Waals surface area contributed by atoms with Gasteiger partial charge in [0, 0.05) is 25.2 Å². The standard InChI is InChI=1S/C17H34N4/c1-6-10-19-17(5,14-18)12-15(4)21-11-9-16(13-21)20(7-2)8-3/h15-16,19H,6-13H2,1-5H3. The molecule has 0 spiro atoms. The maximum Gasteiger partial charge on any atom is 0.105 e. The van der Waals surface area contributed by atoms with E-state index in [-0.39, 0.29) is 0 Å². The maximum atomic E-state index is 9.48. The highest BCUT2D eigenvalue weighted by atomic mass is 15.3. The Bertz CT molecular complexity index is 334. The van der Waals surface area contributed by atoms with Crippen molar-refractivity contribution >= 4 is 0 Å². The van der Waals surface area contributed by atoms with Crippen LogP contribution in [0.15, 0.2) is 0 Å². The molecule has 21 heavy (non-hydrogen) atoms. The molecule has 0 aliphatic carbocycles. The molecule has 0 aromatic carbocycles. The highest BCUT2D eigenvalue weighted by Gasteiger charge is 2.33. The fraction of sp³-hybridized carbons (Fsp3) is 0.941. The number of nitrogens with zero attached hydrogens (tertiary/aromatic N) is 3. The highest BCUT2D eigenvalue weighted by molar-refractivity contribution is 5.05. The molecule has 3 unspecified atom stereocenters. The zero-order chi connectivity index (χ0) is 15.9. The number of likely N-dealkylation sites (tertiary alicyclic amines) is 1. The summed E-state index contributed by atoms with van der Waals surface area (Å²) in [6.45, 7) is 16.5. The summed E-state index contributed by atoms with van der Waals surface area (Å²) in [5, 5.41) is 12.9. The lowest BCUT2D eigenvalue weighted by Crippen LogP contribution is -2.47. The molecular formula is C17H34N4. The first-order valence-corrected chi connectivity index (χ1v) is 8.64. The van der Waals surface area contributed by atoms with Crippen LogP contribution in [0.1, 0.15) is 53.9 Å². The lowest BCUT2D eigenvalue weighted by atomic mass is 9.94. The molecule has 1 aliphatic rings. The monoisotopic (exact) mass is 294 g/mol. The summed E-state index contributed by atoms with van der Waals surface area (Å²) in [6.07, 6.45) is 3.23. The predicted molar refractivity (Wildman–Crippen MR) is 89.3 cm³/mol. The van der Waals surface area contributed by atoms with Crippen molar-refractivity contribution in [1.82, 2.24) is 15.1 Å². The van der Waals surface area contributed by atoms with Gasteiger partial charge in [0.05, 0.1) is 6.07 Å². The van der Waals surface area contributed by atoms with Gasteiger partial charge in [-0.1, -0.05) is 20.8 Å². The second kappa shape index (κ2) is 8.73. The van der Waals surface area contributed by atoms with Crippen molar-refractivity contribution in [3.63, 3.8) is 0 Å². The molecule has 0 aromatic rings.